The van der Waals surface area contributed by atoms with E-state index in [1.165, 1.54) is 4.90 Å². The van der Waals surface area contributed by atoms with Gasteiger partial charge in [0.1, 0.15) is 6.04 Å². The number of carboxylic acid groups (broad SMARTS) is 1. The molecular weight excluding hydrogens is 256 g/mol. The summed E-state index contributed by atoms with van der Waals surface area (Å²) in [7, 11) is 0. The van der Waals surface area contributed by atoms with E-state index in [-0.39, 0.29) is 18.7 Å². The fourth-order valence-electron chi connectivity index (χ4n) is 2.02. The third-order valence-corrected chi connectivity index (χ3v) is 3.70. The Bertz CT molecular complexity index is 301. The van der Waals surface area contributed by atoms with Crippen LogP contribution in [0.5, 0.6) is 0 Å². The number of hydrogen-bond acceptors (Lipinski definition) is 4. The Hall–Kier alpha value is -0.950. The van der Waals surface area contributed by atoms with Gasteiger partial charge in [-0.2, -0.15) is 11.8 Å². The average molecular weight is 276 g/mol. The van der Waals surface area contributed by atoms with E-state index in [9.17, 15) is 9.59 Å². The zero-order chi connectivity index (χ0) is 13.5. The lowest BCUT2D eigenvalue weighted by Gasteiger charge is -2.25. The number of nitrogens with zero attached hydrogens (tertiary/aromatic N) is 1. The second-order valence-corrected chi connectivity index (χ2v) is 5.28. The third-order valence-electron chi connectivity index (χ3n) is 3.06. The number of aliphatic hydroxyl groups is 1. The molecule has 3 N–H and O–H groups in total. The first kappa shape index (κ1) is 15.1. The van der Waals surface area contributed by atoms with Crippen molar-refractivity contribution in [2.24, 2.45) is 0 Å². The van der Waals surface area contributed by atoms with E-state index in [2.05, 4.69) is 5.32 Å². The summed E-state index contributed by atoms with van der Waals surface area (Å²) in [6.45, 7) is 0.502. The molecule has 0 aromatic rings. The zero-order valence-corrected chi connectivity index (χ0v) is 11.3. The second kappa shape index (κ2) is 7.48. The number of aliphatic carboxylic acids is 1. The van der Waals surface area contributed by atoms with Gasteiger partial charge in [-0.05, 0) is 31.3 Å². The molecule has 0 aromatic heterocycles. The molecule has 0 saturated carbocycles. The Kier molecular flexibility index (Phi) is 6.28. The van der Waals surface area contributed by atoms with Gasteiger partial charge in [-0.25, -0.2) is 9.59 Å². The largest absolute Gasteiger partial charge is 0.480 e. The van der Waals surface area contributed by atoms with Crippen LogP contribution in [0.1, 0.15) is 19.3 Å². The number of amides is 2. The van der Waals surface area contributed by atoms with Gasteiger partial charge < -0.3 is 20.4 Å². The molecule has 18 heavy (non-hydrogen) atoms. The highest BCUT2D eigenvalue weighted by Gasteiger charge is 2.30. The highest BCUT2D eigenvalue weighted by atomic mass is 32.2. The summed E-state index contributed by atoms with van der Waals surface area (Å²) in [5.41, 5.74) is 0. The number of aliphatic hydroxyl groups excluding tert-OH is 1. The maximum absolute atomic E-state index is 11.9. The minimum atomic E-state index is -1.02. The molecule has 0 bridgehead atoms. The first-order chi connectivity index (χ1) is 8.60. The molecule has 2 amide bonds. The number of rotatable bonds is 6. The molecule has 7 heteroatoms. The van der Waals surface area contributed by atoms with Gasteiger partial charge in [0, 0.05) is 6.54 Å². The Morgan fingerprint density at radius 1 is 1.56 bits per heavy atom. The predicted octanol–water partition coefficient (Wildman–Crippen LogP) is 0.359. The van der Waals surface area contributed by atoms with Crippen LogP contribution in [0.2, 0.25) is 0 Å². The van der Waals surface area contributed by atoms with Gasteiger partial charge in [0.05, 0.1) is 12.6 Å². The highest BCUT2D eigenvalue weighted by Crippen LogP contribution is 2.16. The Labute approximate surface area is 111 Å². The summed E-state index contributed by atoms with van der Waals surface area (Å²) >= 11 is 1.54. The lowest BCUT2D eigenvalue weighted by Crippen LogP contribution is -2.50. The first-order valence-electron chi connectivity index (χ1n) is 6.00. The number of thioether (sulfide) groups is 1. The molecule has 1 aliphatic heterocycles. The molecule has 1 rings (SSSR count). The van der Waals surface area contributed by atoms with Crippen molar-refractivity contribution < 1.29 is 19.8 Å². The number of carboxylic acids is 1. The maximum Gasteiger partial charge on any atom is 0.326 e. The van der Waals surface area contributed by atoms with Crippen LogP contribution in [0.25, 0.3) is 0 Å². The second-order valence-electron chi connectivity index (χ2n) is 4.29. The van der Waals surface area contributed by atoms with Gasteiger partial charge in [0.25, 0.3) is 0 Å². The molecule has 0 spiro atoms. The van der Waals surface area contributed by atoms with Crippen LogP contribution in [0.4, 0.5) is 4.79 Å². The summed E-state index contributed by atoms with van der Waals surface area (Å²) < 4.78 is 0. The molecule has 1 unspecified atom stereocenters. The monoisotopic (exact) mass is 276 g/mol. The molecule has 0 aliphatic carbocycles. The average Bonchev–Trinajstić information content (AvgIpc) is 2.82. The minimum Gasteiger partial charge on any atom is -0.480 e. The van der Waals surface area contributed by atoms with E-state index in [4.69, 9.17) is 10.2 Å². The van der Waals surface area contributed by atoms with Crippen LogP contribution in [0.3, 0.4) is 0 Å². The number of likely N-dealkylation sites (tertiary alicyclic amines) is 1. The number of nitrogens with one attached hydrogen (secondary N) is 1. The summed E-state index contributed by atoms with van der Waals surface area (Å²) in [5, 5.41) is 20.7. The summed E-state index contributed by atoms with van der Waals surface area (Å²) in [6, 6.07) is -1.43. The van der Waals surface area contributed by atoms with Crippen molar-refractivity contribution in [2.45, 2.75) is 31.3 Å². The third kappa shape index (κ3) is 4.06. The van der Waals surface area contributed by atoms with Crippen LogP contribution in [0.15, 0.2) is 0 Å². The maximum atomic E-state index is 11.9. The van der Waals surface area contributed by atoms with Crippen molar-refractivity contribution >= 4 is 23.8 Å². The molecule has 6 nitrogen and oxygen atoms in total. The molecule has 1 aliphatic rings. The smallest absolute Gasteiger partial charge is 0.326 e. The quantitative estimate of drug-likeness (QED) is 0.651. The van der Waals surface area contributed by atoms with Crippen molar-refractivity contribution in [2.75, 3.05) is 25.2 Å². The molecule has 2 atom stereocenters. The van der Waals surface area contributed by atoms with Gasteiger partial charge in [-0.3, -0.25) is 0 Å². The van der Waals surface area contributed by atoms with Gasteiger partial charge in [-0.15, -0.1) is 0 Å². The van der Waals surface area contributed by atoms with E-state index in [1.54, 1.807) is 11.8 Å². The molecule has 1 fully saturated rings. The topological polar surface area (TPSA) is 89.9 Å². The van der Waals surface area contributed by atoms with E-state index < -0.39 is 12.0 Å². The SMILES string of the molecule is CSCC[C@H](NC(=O)N1CCCC1CO)C(=O)O. The van der Waals surface area contributed by atoms with Crippen LogP contribution in [-0.2, 0) is 4.79 Å². The number of carbonyl (C=O) groups excluding carboxylic acids is 1. The number of hydrogen-bond donors (Lipinski definition) is 3. The summed E-state index contributed by atoms with van der Waals surface area (Å²) in [6.07, 6.45) is 3.91. The predicted molar refractivity (Wildman–Crippen MR) is 69.8 cm³/mol. The fourth-order valence-corrected chi connectivity index (χ4v) is 2.49. The lowest BCUT2D eigenvalue weighted by atomic mass is 10.2. The van der Waals surface area contributed by atoms with E-state index in [0.29, 0.717) is 18.7 Å². The molecular formula is C11H20N2O4S. The minimum absolute atomic E-state index is 0.0734. The van der Waals surface area contributed by atoms with Crippen molar-refractivity contribution in [3.05, 3.63) is 0 Å². The Morgan fingerprint density at radius 2 is 2.28 bits per heavy atom. The highest BCUT2D eigenvalue weighted by molar-refractivity contribution is 7.98. The van der Waals surface area contributed by atoms with Gasteiger partial charge in [0.15, 0.2) is 0 Å². The number of carbonyl (C=O) groups is 2. The van der Waals surface area contributed by atoms with E-state index in [1.807, 2.05) is 6.26 Å². The molecule has 1 saturated heterocycles. The Morgan fingerprint density at radius 3 is 2.83 bits per heavy atom. The number of urea groups is 1. The van der Waals surface area contributed by atoms with Crippen molar-refractivity contribution in [1.29, 1.82) is 0 Å². The molecule has 1 heterocycles. The van der Waals surface area contributed by atoms with Gasteiger partial charge >= 0.3 is 12.0 Å². The normalized spacial score (nSPS) is 20.8. The van der Waals surface area contributed by atoms with Crippen LogP contribution in [0, 0.1) is 0 Å². The molecule has 0 aromatic carbocycles. The van der Waals surface area contributed by atoms with Crippen LogP contribution in [-0.4, -0.2) is 64.4 Å². The molecule has 104 valence electrons. The summed E-state index contributed by atoms with van der Waals surface area (Å²) in [5.74, 6) is -0.335. The van der Waals surface area contributed by atoms with Crippen molar-refractivity contribution in [1.82, 2.24) is 10.2 Å². The molecule has 0 radical (unpaired) electrons. The van der Waals surface area contributed by atoms with Crippen LogP contribution < -0.4 is 5.32 Å². The van der Waals surface area contributed by atoms with Crippen molar-refractivity contribution in [3.8, 4) is 0 Å². The zero-order valence-electron chi connectivity index (χ0n) is 10.5. The first-order valence-corrected chi connectivity index (χ1v) is 7.39. The van der Waals surface area contributed by atoms with E-state index >= 15 is 0 Å². The van der Waals surface area contributed by atoms with Crippen LogP contribution >= 0.6 is 11.8 Å². The van der Waals surface area contributed by atoms with E-state index in [0.717, 1.165) is 12.8 Å². The van der Waals surface area contributed by atoms with Gasteiger partial charge in [0.2, 0.25) is 0 Å². The Balaban J connectivity index is 2.52. The fraction of sp³-hybridized carbons (Fsp3) is 0.818. The summed E-state index contributed by atoms with van der Waals surface area (Å²) in [4.78, 5) is 24.5. The lowest BCUT2D eigenvalue weighted by molar-refractivity contribution is -0.139. The van der Waals surface area contributed by atoms with Gasteiger partial charge in [-0.1, -0.05) is 0 Å². The van der Waals surface area contributed by atoms with Crippen molar-refractivity contribution in [3.63, 3.8) is 0 Å². The standard InChI is InChI=1S/C11H20N2O4S/c1-18-6-4-9(10(15)16)12-11(17)13-5-2-3-8(13)7-14/h8-9,14H,2-7H2,1H3,(H,12,17)(H,15,16)/t8?,9-/m0/s1.